The van der Waals surface area contributed by atoms with Crippen molar-refractivity contribution in [1.82, 2.24) is 24.8 Å². The van der Waals surface area contributed by atoms with Crippen LogP contribution in [0.25, 0.3) is 11.0 Å². The summed E-state index contributed by atoms with van der Waals surface area (Å²) in [6.45, 7) is 6.41. The standard InChI is InChI=1S/C18H21N5O/c1-11(2)17-19-8-7-14(22-17)18(24)20-10-13-5-6-16-15(9-13)21-12(3)23(16)4/h5-9,11H,10H2,1-4H3,(H,20,24). The maximum atomic E-state index is 12.3. The Labute approximate surface area is 141 Å². The van der Waals surface area contributed by atoms with Crippen molar-refractivity contribution in [1.29, 1.82) is 0 Å². The second-order valence-corrected chi connectivity index (χ2v) is 6.18. The molecule has 1 N–H and O–H groups in total. The zero-order valence-corrected chi connectivity index (χ0v) is 14.4. The number of aryl methyl sites for hydroxylation is 2. The number of hydrogen-bond acceptors (Lipinski definition) is 4. The Morgan fingerprint density at radius 2 is 2.04 bits per heavy atom. The first-order valence-corrected chi connectivity index (χ1v) is 7.99. The molecule has 6 heteroatoms. The maximum absolute atomic E-state index is 12.3. The van der Waals surface area contributed by atoms with E-state index in [-0.39, 0.29) is 11.8 Å². The first-order valence-electron chi connectivity index (χ1n) is 7.99. The quantitative estimate of drug-likeness (QED) is 0.801. The van der Waals surface area contributed by atoms with E-state index in [0.29, 0.717) is 18.1 Å². The van der Waals surface area contributed by atoms with Gasteiger partial charge in [0.25, 0.3) is 5.91 Å². The Morgan fingerprint density at radius 3 is 2.79 bits per heavy atom. The summed E-state index contributed by atoms with van der Waals surface area (Å²) in [4.78, 5) is 25.3. The van der Waals surface area contributed by atoms with Crippen molar-refractivity contribution in [3.05, 3.63) is 53.4 Å². The number of carbonyl (C=O) groups is 1. The molecule has 3 rings (SSSR count). The van der Waals surface area contributed by atoms with Crippen LogP contribution in [0.4, 0.5) is 0 Å². The number of amides is 1. The fourth-order valence-corrected chi connectivity index (χ4v) is 2.53. The summed E-state index contributed by atoms with van der Waals surface area (Å²) < 4.78 is 2.05. The van der Waals surface area contributed by atoms with E-state index < -0.39 is 0 Å². The molecule has 0 atom stereocenters. The largest absolute Gasteiger partial charge is 0.347 e. The van der Waals surface area contributed by atoms with Gasteiger partial charge in [-0.25, -0.2) is 15.0 Å². The first-order chi connectivity index (χ1) is 11.5. The summed E-state index contributed by atoms with van der Waals surface area (Å²) in [6, 6.07) is 7.66. The minimum atomic E-state index is -0.198. The molecule has 0 aliphatic rings. The molecule has 0 aliphatic heterocycles. The molecule has 0 spiro atoms. The number of benzene rings is 1. The number of hydrogen-bond donors (Lipinski definition) is 1. The Morgan fingerprint density at radius 1 is 1.25 bits per heavy atom. The zero-order valence-electron chi connectivity index (χ0n) is 14.4. The molecule has 6 nitrogen and oxygen atoms in total. The Bertz CT molecular complexity index is 898. The van der Waals surface area contributed by atoms with Gasteiger partial charge < -0.3 is 9.88 Å². The first kappa shape index (κ1) is 16.1. The maximum Gasteiger partial charge on any atom is 0.270 e. The lowest BCUT2D eigenvalue weighted by molar-refractivity contribution is 0.0945. The van der Waals surface area contributed by atoms with Crippen molar-refractivity contribution in [2.24, 2.45) is 7.05 Å². The molecular weight excluding hydrogens is 302 g/mol. The van der Waals surface area contributed by atoms with Crippen molar-refractivity contribution < 1.29 is 4.79 Å². The van der Waals surface area contributed by atoms with E-state index in [1.807, 2.05) is 50.6 Å². The highest BCUT2D eigenvalue weighted by Crippen LogP contribution is 2.16. The monoisotopic (exact) mass is 323 g/mol. The molecule has 0 unspecified atom stereocenters. The predicted octanol–water partition coefficient (Wildman–Crippen LogP) is 2.73. The lowest BCUT2D eigenvalue weighted by Gasteiger charge is -2.07. The van der Waals surface area contributed by atoms with Crippen molar-refractivity contribution in [3.63, 3.8) is 0 Å². The Kier molecular flexibility index (Phi) is 4.29. The highest BCUT2D eigenvalue weighted by atomic mass is 16.1. The summed E-state index contributed by atoms with van der Waals surface area (Å²) >= 11 is 0. The lowest BCUT2D eigenvalue weighted by Crippen LogP contribution is -2.24. The van der Waals surface area contributed by atoms with Gasteiger partial charge in [-0.05, 0) is 30.7 Å². The highest BCUT2D eigenvalue weighted by Gasteiger charge is 2.11. The van der Waals surface area contributed by atoms with Gasteiger partial charge in [-0.3, -0.25) is 4.79 Å². The van der Waals surface area contributed by atoms with Crippen LogP contribution < -0.4 is 5.32 Å². The van der Waals surface area contributed by atoms with Crippen molar-refractivity contribution >= 4 is 16.9 Å². The fourth-order valence-electron chi connectivity index (χ4n) is 2.53. The van der Waals surface area contributed by atoms with E-state index in [9.17, 15) is 4.79 Å². The van der Waals surface area contributed by atoms with Crippen LogP contribution in [-0.2, 0) is 13.6 Å². The third-order valence-electron chi connectivity index (χ3n) is 4.05. The van der Waals surface area contributed by atoms with Gasteiger partial charge in [-0.2, -0.15) is 0 Å². The zero-order chi connectivity index (χ0) is 17.3. The van der Waals surface area contributed by atoms with Crippen LogP contribution in [0.3, 0.4) is 0 Å². The number of carbonyl (C=O) groups excluding carboxylic acids is 1. The highest BCUT2D eigenvalue weighted by molar-refractivity contribution is 5.92. The van der Waals surface area contributed by atoms with Crippen LogP contribution in [0, 0.1) is 6.92 Å². The van der Waals surface area contributed by atoms with Gasteiger partial charge in [0.1, 0.15) is 17.3 Å². The van der Waals surface area contributed by atoms with Gasteiger partial charge >= 0.3 is 0 Å². The molecule has 24 heavy (non-hydrogen) atoms. The van der Waals surface area contributed by atoms with Crippen LogP contribution >= 0.6 is 0 Å². The summed E-state index contributed by atoms with van der Waals surface area (Å²) in [6.07, 6.45) is 1.62. The van der Waals surface area contributed by atoms with Crippen LogP contribution in [0.15, 0.2) is 30.5 Å². The van der Waals surface area contributed by atoms with Gasteiger partial charge in [0, 0.05) is 25.7 Å². The number of nitrogens with zero attached hydrogens (tertiary/aromatic N) is 4. The molecule has 0 saturated heterocycles. The smallest absolute Gasteiger partial charge is 0.270 e. The van der Waals surface area contributed by atoms with Crippen LogP contribution in [0.1, 0.15) is 47.5 Å². The molecular formula is C18H21N5O. The van der Waals surface area contributed by atoms with Crippen LogP contribution in [0.2, 0.25) is 0 Å². The summed E-state index contributed by atoms with van der Waals surface area (Å²) in [7, 11) is 1.99. The minimum absolute atomic E-state index is 0.188. The van der Waals surface area contributed by atoms with Gasteiger partial charge in [-0.15, -0.1) is 0 Å². The van der Waals surface area contributed by atoms with E-state index in [0.717, 1.165) is 22.4 Å². The normalized spacial score (nSPS) is 11.2. The third kappa shape index (κ3) is 3.13. The van der Waals surface area contributed by atoms with Gasteiger partial charge in [-0.1, -0.05) is 19.9 Å². The molecule has 0 radical (unpaired) electrons. The van der Waals surface area contributed by atoms with E-state index in [1.165, 1.54) is 0 Å². The van der Waals surface area contributed by atoms with Crippen molar-refractivity contribution in [2.45, 2.75) is 33.2 Å². The van der Waals surface area contributed by atoms with Gasteiger partial charge in [0.2, 0.25) is 0 Å². The molecule has 1 aromatic carbocycles. The Hall–Kier alpha value is -2.76. The topological polar surface area (TPSA) is 72.7 Å². The summed E-state index contributed by atoms with van der Waals surface area (Å²) in [5.74, 6) is 1.63. The molecule has 2 aromatic heterocycles. The number of nitrogens with one attached hydrogen (secondary N) is 1. The number of imidazole rings is 1. The summed E-state index contributed by atoms with van der Waals surface area (Å²) in [5.41, 5.74) is 3.42. The summed E-state index contributed by atoms with van der Waals surface area (Å²) in [5, 5.41) is 2.90. The number of rotatable bonds is 4. The lowest BCUT2D eigenvalue weighted by atomic mass is 10.2. The third-order valence-corrected chi connectivity index (χ3v) is 4.05. The van der Waals surface area contributed by atoms with E-state index >= 15 is 0 Å². The van der Waals surface area contributed by atoms with Crippen LogP contribution in [-0.4, -0.2) is 25.4 Å². The number of fused-ring (bicyclic) bond motifs is 1. The van der Waals surface area contributed by atoms with Crippen LogP contribution in [0.5, 0.6) is 0 Å². The average molecular weight is 323 g/mol. The molecule has 124 valence electrons. The van der Waals surface area contributed by atoms with Crippen molar-refractivity contribution in [3.8, 4) is 0 Å². The van der Waals surface area contributed by atoms with Gasteiger partial charge in [0.05, 0.1) is 11.0 Å². The minimum Gasteiger partial charge on any atom is -0.347 e. The molecule has 2 heterocycles. The van der Waals surface area contributed by atoms with E-state index in [1.54, 1.807) is 12.3 Å². The molecule has 1 amide bonds. The predicted molar refractivity (Wildman–Crippen MR) is 92.7 cm³/mol. The second kappa shape index (κ2) is 6.39. The second-order valence-electron chi connectivity index (χ2n) is 6.18. The van der Waals surface area contributed by atoms with Gasteiger partial charge in [0.15, 0.2) is 0 Å². The van der Waals surface area contributed by atoms with Crippen molar-refractivity contribution in [2.75, 3.05) is 0 Å². The molecule has 0 saturated carbocycles. The molecule has 0 fully saturated rings. The average Bonchev–Trinajstić information content (AvgIpc) is 2.86. The molecule has 3 aromatic rings. The van der Waals surface area contributed by atoms with E-state index in [2.05, 4.69) is 20.3 Å². The Balaban J connectivity index is 1.73. The molecule has 0 bridgehead atoms. The SMILES string of the molecule is Cc1nc2cc(CNC(=O)c3ccnc(C(C)C)n3)ccc2n1C. The molecule has 0 aliphatic carbocycles. The van der Waals surface area contributed by atoms with E-state index in [4.69, 9.17) is 0 Å². The number of aromatic nitrogens is 4. The fraction of sp³-hybridized carbons (Fsp3) is 0.333.